The van der Waals surface area contributed by atoms with Crippen LogP contribution < -0.4 is 10.1 Å². The highest BCUT2D eigenvalue weighted by molar-refractivity contribution is 14.0. The molecule has 0 saturated carbocycles. The zero-order valence-corrected chi connectivity index (χ0v) is 18.0. The minimum atomic E-state index is -2.83. The van der Waals surface area contributed by atoms with E-state index in [1.807, 2.05) is 19.3 Å². The van der Waals surface area contributed by atoms with Gasteiger partial charge in [-0.3, -0.25) is 9.67 Å². The predicted molar refractivity (Wildman–Crippen MR) is 112 cm³/mol. The molecule has 0 amide bonds. The van der Waals surface area contributed by atoms with Crippen LogP contribution in [-0.2, 0) is 18.3 Å². The SMILES string of the molecule is CN=C(NCc1cccc(OC(F)F)c1)N1CCOC(c2cnn(C)c2)C1.I. The molecule has 1 saturated heterocycles. The fraction of sp³-hybridized carbons (Fsp3) is 0.444. The summed E-state index contributed by atoms with van der Waals surface area (Å²) >= 11 is 0. The van der Waals surface area contributed by atoms with Crippen molar-refractivity contribution in [2.75, 3.05) is 26.7 Å². The van der Waals surface area contributed by atoms with E-state index in [9.17, 15) is 8.78 Å². The van der Waals surface area contributed by atoms with E-state index in [0.29, 0.717) is 26.2 Å². The van der Waals surface area contributed by atoms with Crippen molar-refractivity contribution in [3.63, 3.8) is 0 Å². The van der Waals surface area contributed by atoms with E-state index >= 15 is 0 Å². The zero-order chi connectivity index (χ0) is 19.2. The first-order valence-corrected chi connectivity index (χ1v) is 8.64. The molecule has 1 fully saturated rings. The lowest BCUT2D eigenvalue weighted by molar-refractivity contribution is -0.0498. The van der Waals surface area contributed by atoms with Gasteiger partial charge in [0.05, 0.1) is 19.3 Å². The Labute approximate surface area is 179 Å². The summed E-state index contributed by atoms with van der Waals surface area (Å²) in [6.45, 7) is -0.441. The maximum absolute atomic E-state index is 12.4. The monoisotopic (exact) mass is 507 g/mol. The first kappa shape index (κ1) is 22.3. The molecule has 0 aliphatic carbocycles. The Bertz CT molecular complexity index is 787. The molecular weight excluding hydrogens is 483 g/mol. The molecule has 1 aromatic carbocycles. The second-order valence-electron chi connectivity index (χ2n) is 6.18. The zero-order valence-electron chi connectivity index (χ0n) is 15.7. The van der Waals surface area contributed by atoms with Gasteiger partial charge in [-0.2, -0.15) is 13.9 Å². The summed E-state index contributed by atoms with van der Waals surface area (Å²) in [5, 5.41) is 7.46. The summed E-state index contributed by atoms with van der Waals surface area (Å²) in [5.41, 5.74) is 1.85. The molecule has 1 aromatic heterocycles. The number of hydrogen-bond acceptors (Lipinski definition) is 4. The van der Waals surface area contributed by atoms with Gasteiger partial charge in [-0.05, 0) is 17.7 Å². The molecule has 0 bridgehead atoms. The fourth-order valence-electron chi connectivity index (χ4n) is 2.99. The van der Waals surface area contributed by atoms with Crippen LogP contribution >= 0.6 is 24.0 Å². The standard InChI is InChI=1S/C18H23F2N5O2.HI/c1-21-18(22-9-13-4-3-5-15(8-13)27-17(19)20)25-6-7-26-16(12-25)14-10-23-24(2)11-14;/h3-5,8,10-11,16-17H,6-7,9,12H2,1-2H3,(H,21,22);1H. The summed E-state index contributed by atoms with van der Waals surface area (Å²) in [7, 11) is 3.59. The maximum atomic E-state index is 12.4. The molecule has 2 heterocycles. The van der Waals surface area contributed by atoms with Crippen LogP contribution in [0.1, 0.15) is 17.2 Å². The molecule has 1 atom stereocenters. The second kappa shape index (κ2) is 10.6. The van der Waals surface area contributed by atoms with E-state index in [1.165, 1.54) is 6.07 Å². The lowest BCUT2D eigenvalue weighted by atomic mass is 10.1. The van der Waals surface area contributed by atoms with Crippen molar-refractivity contribution in [2.24, 2.45) is 12.0 Å². The van der Waals surface area contributed by atoms with Gasteiger partial charge in [0.25, 0.3) is 0 Å². The molecule has 3 rings (SSSR count). The van der Waals surface area contributed by atoms with Crippen LogP contribution in [-0.4, -0.2) is 54.0 Å². The Kier molecular flexibility index (Phi) is 8.42. The van der Waals surface area contributed by atoms with Gasteiger partial charge < -0.3 is 19.7 Å². The summed E-state index contributed by atoms with van der Waals surface area (Å²) < 4.78 is 36.8. The average Bonchev–Trinajstić information content (AvgIpc) is 3.09. The van der Waals surface area contributed by atoms with Crippen molar-refractivity contribution in [1.82, 2.24) is 20.0 Å². The molecule has 7 nitrogen and oxygen atoms in total. The number of ether oxygens (including phenoxy) is 2. The molecular formula is C18H24F2IN5O2. The number of aromatic nitrogens is 2. The highest BCUT2D eigenvalue weighted by Gasteiger charge is 2.25. The van der Waals surface area contributed by atoms with E-state index in [4.69, 9.17) is 4.74 Å². The number of aliphatic imine (C=N–C) groups is 1. The Hall–Kier alpha value is -1.95. The van der Waals surface area contributed by atoms with E-state index in [2.05, 4.69) is 25.0 Å². The third-order valence-electron chi connectivity index (χ3n) is 4.25. The largest absolute Gasteiger partial charge is 0.435 e. The van der Waals surface area contributed by atoms with E-state index < -0.39 is 6.61 Å². The Morgan fingerprint density at radius 1 is 1.46 bits per heavy atom. The van der Waals surface area contributed by atoms with Gasteiger partial charge in [0.1, 0.15) is 11.9 Å². The number of nitrogens with zero attached hydrogens (tertiary/aromatic N) is 4. The van der Waals surface area contributed by atoms with Crippen molar-refractivity contribution in [3.8, 4) is 5.75 Å². The Morgan fingerprint density at radius 2 is 2.29 bits per heavy atom. The van der Waals surface area contributed by atoms with Gasteiger partial charge in [-0.1, -0.05) is 12.1 Å². The lowest BCUT2D eigenvalue weighted by Gasteiger charge is -2.34. The molecule has 154 valence electrons. The molecule has 1 aliphatic heterocycles. The highest BCUT2D eigenvalue weighted by Crippen LogP contribution is 2.22. The van der Waals surface area contributed by atoms with Crippen LogP contribution in [0.2, 0.25) is 0 Å². The van der Waals surface area contributed by atoms with Crippen LogP contribution in [0.5, 0.6) is 5.75 Å². The van der Waals surface area contributed by atoms with Crippen molar-refractivity contribution in [1.29, 1.82) is 0 Å². The third-order valence-corrected chi connectivity index (χ3v) is 4.25. The van der Waals surface area contributed by atoms with Crippen LogP contribution in [0.4, 0.5) is 8.78 Å². The highest BCUT2D eigenvalue weighted by atomic mass is 127. The number of nitrogens with one attached hydrogen (secondary N) is 1. The minimum Gasteiger partial charge on any atom is -0.435 e. The number of aryl methyl sites for hydroxylation is 1. The number of guanidine groups is 1. The molecule has 1 aliphatic rings. The summed E-state index contributed by atoms with van der Waals surface area (Å²) in [6, 6.07) is 6.62. The fourth-order valence-corrected chi connectivity index (χ4v) is 2.99. The molecule has 1 unspecified atom stereocenters. The predicted octanol–water partition coefficient (Wildman–Crippen LogP) is 2.79. The number of rotatable bonds is 5. The van der Waals surface area contributed by atoms with Gasteiger partial charge in [0.2, 0.25) is 0 Å². The van der Waals surface area contributed by atoms with Crippen LogP contribution in [0.25, 0.3) is 0 Å². The van der Waals surface area contributed by atoms with Crippen molar-refractivity contribution in [2.45, 2.75) is 19.3 Å². The molecule has 2 aromatic rings. The van der Waals surface area contributed by atoms with E-state index in [0.717, 1.165) is 17.1 Å². The summed E-state index contributed by atoms with van der Waals surface area (Å²) in [4.78, 5) is 6.45. The summed E-state index contributed by atoms with van der Waals surface area (Å²) in [5.74, 6) is 0.870. The normalized spacial score (nSPS) is 17.4. The maximum Gasteiger partial charge on any atom is 0.387 e. The van der Waals surface area contributed by atoms with E-state index in [-0.39, 0.29) is 35.8 Å². The van der Waals surface area contributed by atoms with Gasteiger partial charge >= 0.3 is 6.61 Å². The van der Waals surface area contributed by atoms with Crippen LogP contribution in [0.15, 0.2) is 41.7 Å². The quantitative estimate of drug-likeness (QED) is 0.383. The second-order valence-corrected chi connectivity index (χ2v) is 6.18. The molecule has 10 heteroatoms. The van der Waals surface area contributed by atoms with Gasteiger partial charge in [0, 0.05) is 38.9 Å². The van der Waals surface area contributed by atoms with Crippen molar-refractivity contribution < 1.29 is 18.3 Å². The Balaban J connectivity index is 0.00000280. The average molecular weight is 507 g/mol. The number of hydrogen-bond donors (Lipinski definition) is 1. The Morgan fingerprint density at radius 3 is 2.96 bits per heavy atom. The van der Waals surface area contributed by atoms with Gasteiger partial charge in [-0.15, -0.1) is 24.0 Å². The van der Waals surface area contributed by atoms with Crippen molar-refractivity contribution >= 4 is 29.9 Å². The van der Waals surface area contributed by atoms with Crippen LogP contribution in [0.3, 0.4) is 0 Å². The molecule has 28 heavy (non-hydrogen) atoms. The van der Waals surface area contributed by atoms with E-state index in [1.54, 1.807) is 30.1 Å². The third kappa shape index (κ3) is 6.03. The van der Waals surface area contributed by atoms with Gasteiger partial charge in [-0.25, -0.2) is 0 Å². The molecule has 0 radical (unpaired) electrons. The topological polar surface area (TPSA) is 63.9 Å². The van der Waals surface area contributed by atoms with Gasteiger partial charge in [0.15, 0.2) is 5.96 Å². The lowest BCUT2D eigenvalue weighted by Crippen LogP contribution is -2.47. The minimum absolute atomic E-state index is 0. The number of morpholine rings is 1. The number of halogens is 3. The van der Waals surface area contributed by atoms with Crippen LogP contribution in [0, 0.1) is 0 Å². The smallest absolute Gasteiger partial charge is 0.387 e. The first-order valence-electron chi connectivity index (χ1n) is 8.64. The molecule has 0 spiro atoms. The molecule has 1 N–H and O–H groups in total. The first-order chi connectivity index (χ1) is 13.0. The number of benzene rings is 1. The van der Waals surface area contributed by atoms with Crippen molar-refractivity contribution in [3.05, 3.63) is 47.8 Å². The summed E-state index contributed by atoms with van der Waals surface area (Å²) in [6.07, 6.45) is 3.67. The number of alkyl halides is 2.